The third-order valence-electron chi connectivity index (χ3n) is 5.67. The predicted octanol–water partition coefficient (Wildman–Crippen LogP) is 4.26. The molecule has 0 atom stereocenters. The van der Waals surface area contributed by atoms with E-state index in [0.717, 1.165) is 6.42 Å². The monoisotopic (exact) mass is 392 g/mol. The van der Waals surface area contributed by atoms with Crippen molar-refractivity contribution in [2.45, 2.75) is 20.3 Å². The van der Waals surface area contributed by atoms with E-state index in [9.17, 15) is 0 Å². The van der Waals surface area contributed by atoms with Gasteiger partial charge in [0.1, 0.15) is 0 Å². The Morgan fingerprint density at radius 3 is 1.31 bits per heavy atom. The summed E-state index contributed by atoms with van der Waals surface area (Å²) >= 11 is 0. The second-order valence-electron chi connectivity index (χ2n) is 8.10. The Hall–Kier alpha value is -2.90. The molecule has 4 aromatic carbocycles. The van der Waals surface area contributed by atoms with E-state index in [2.05, 4.69) is 129 Å². The van der Waals surface area contributed by atoms with E-state index >= 15 is 0 Å². The van der Waals surface area contributed by atoms with Crippen molar-refractivity contribution in [3.8, 4) is 0 Å². The third kappa shape index (κ3) is 3.71. The lowest BCUT2D eigenvalue weighted by molar-refractivity contribution is 0.649. The summed E-state index contributed by atoms with van der Waals surface area (Å²) in [6, 6.07) is 42.6. The van der Waals surface area contributed by atoms with Crippen molar-refractivity contribution in [3.05, 3.63) is 121 Å². The van der Waals surface area contributed by atoms with Crippen LogP contribution in [-0.4, -0.2) is 8.07 Å². The smallest absolute Gasteiger partial charge is 0.0625 e. The topological polar surface area (TPSA) is 0 Å². The van der Waals surface area contributed by atoms with Gasteiger partial charge in [0.25, 0.3) is 0 Å². The van der Waals surface area contributed by atoms with Crippen molar-refractivity contribution < 1.29 is 0 Å². The maximum atomic E-state index is 2.39. The first kappa shape index (κ1) is 19.4. The van der Waals surface area contributed by atoms with Crippen molar-refractivity contribution in [1.82, 2.24) is 0 Å². The van der Waals surface area contributed by atoms with Crippen LogP contribution in [0.2, 0.25) is 0 Å². The molecular weight excluding hydrogens is 364 g/mol. The molecule has 0 N–H and O–H groups in total. The van der Waals surface area contributed by atoms with Gasteiger partial charge in [0.2, 0.25) is 0 Å². The van der Waals surface area contributed by atoms with Crippen molar-refractivity contribution in [2.24, 2.45) is 5.92 Å². The fourth-order valence-corrected chi connectivity index (χ4v) is 9.56. The molecule has 0 unspecified atom stereocenters. The van der Waals surface area contributed by atoms with Gasteiger partial charge in [0, 0.05) is 0 Å². The van der Waals surface area contributed by atoms with Gasteiger partial charge >= 0.3 is 0 Å². The minimum absolute atomic E-state index is 0.616. The Bertz CT molecular complexity index is 941. The quantitative estimate of drug-likeness (QED) is 0.340. The zero-order chi connectivity index (χ0) is 20.1. The highest BCUT2D eigenvalue weighted by molar-refractivity contribution is 7.20. The summed E-state index contributed by atoms with van der Waals surface area (Å²) in [6.45, 7) is 4.63. The third-order valence-corrected chi connectivity index (χ3v) is 10.6. The molecule has 0 heterocycles. The molecule has 0 nitrogen and oxygen atoms in total. The van der Waals surface area contributed by atoms with Crippen LogP contribution in [0, 0.1) is 5.92 Å². The van der Waals surface area contributed by atoms with Crippen molar-refractivity contribution in [1.29, 1.82) is 0 Å². The Labute approximate surface area is 175 Å². The molecule has 0 aliphatic rings. The van der Waals surface area contributed by atoms with Gasteiger partial charge < -0.3 is 0 Å². The fraction of sp³-hybridized carbons (Fsp3) is 0.143. The number of rotatable bonds is 6. The lowest BCUT2D eigenvalue weighted by Gasteiger charge is -2.36. The minimum Gasteiger partial charge on any atom is -0.0625 e. The summed E-state index contributed by atoms with van der Waals surface area (Å²) in [5.74, 6) is 0.616. The maximum absolute atomic E-state index is 2.41. The fourth-order valence-electron chi connectivity index (χ4n) is 4.53. The van der Waals surface area contributed by atoms with Crippen molar-refractivity contribution in [2.75, 3.05) is 0 Å². The highest BCUT2D eigenvalue weighted by Gasteiger charge is 2.42. The van der Waals surface area contributed by atoms with Crippen LogP contribution in [-0.2, 0) is 6.42 Å². The molecule has 4 rings (SSSR count). The zero-order valence-electron chi connectivity index (χ0n) is 17.3. The highest BCUT2D eigenvalue weighted by atomic mass is 28.3. The maximum Gasteiger partial charge on any atom is 0.179 e. The molecule has 144 valence electrons. The molecule has 0 spiro atoms. The van der Waals surface area contributed by atoms with Crippen LogP contribution < -0.4 is 20.7 Å². The SMILES string of the molecule is CC(C)Cc1ccccc1[Si](c1ccccc1)(c1ccccc1)c1ccccc1. The number of hydrogen-bond acceptors (Lipinski definition) is 0. The van der Waals surface area contributed by atoms with E-state index in [-0.39, 0.29) is 0 Å². The molecule has 1 heteroatoms. The first-order valence-electron chi connectivity index (χ1n) is 10.5. The van der Waals surface area contributed by atoms with Crippen LogP contribution in [0.4, 0.5) is 0 Å². The van der Waals surface area contributed by atoms with E-state index in [0.29, 0.717) is 5.92 Å². The van der Waals surface area contributed by atoms with E-state index in [1.807, 2.05) is 0 Å². The van der Waals surface area contributed by atoms with Crippen LogP contribution in [0.3, 0.4) is 0 Å². The molecular formula is C28H28Si. The van der Waals surface area contributed by atoms with Crippen LogP contribution in [0.25, 0.3) is 0 Å². The standard InChI is InChI=1S/C28H28Si/c1-23(2)22-24-14-12-13-21-28(24)29(25-15-6-3-7-16-25,26-17-8-4-9-18-26)27-19-10-5-11-20-27/h3-21,23H,22H2,1-2H3. The molecule has 0 amide bonds. The average Bonchev–Trinajstić information content (AvgIpc) is 2.77. The summed E-state index contributed by atoms with van der Waals surface area (Å²) in [7, 11) is -2.41. The summed E-state index contributed by atoms with van der Waals surface area (Å²) in [6.07, 6.45) is 1.09. The molecule has 0 radical (unpaired) electrons. The molecule has 0 saturated heterocycles. The van der Waals surface area contributed by atoms with E-state index in [1.54, 1.807) is 0 Å². The van der Waals surface area contributed by atoms with E-state index in [1.165, 1.54) is 26.3 Å². The molecule has 4 aromatic rings. The van der Waals surface area contributed by atoms with Gasteiger partial charge in [-0.05, 0) is 38.6 Å². The van der Waals surface area contributed by atoms with Crippen LogP contribution in [0.5, 0.6) is 0 Å². The second-order valence-corrected chi connectivity index (χ2v) is 11.9. The Morgan fingerprint density at radius 2 is 0.897 bits per heavy atom. The summed E-state index contributed by atoms with van der Waals surface area (Å²) in [5, 5.41) is 5.83. The zero-order valence-corrected chi connectivity index (χ0v) is 18.3. The van der Waals surface area contributed by atoms with Crippen molar-refractivity contribution in [3.63, 3.8) is 0 Å². The molecule has 29 heavy (non-hydrogen) atoms. The van der Waals surface area contributed by atoms with E-state index < -0.39 is 8.07 Å². The van der Waals surface area contributed by atoms with Crippen molar-refractivity contribution >= 4 is 28.8 Å². The van der Waals surface area contributed by atoms with Crippen LogP contribution >= 0.6 is 0 Å². The number of benzene rings is 4. The molecule has 0 bridgehead atoms. The van der Waals surface area contributed by atoms with Gasteiger partial charge in [0.15, 0.2) is 8.07 Å². The lowest BCUT2D eigenvalue weighted by atomic mass is 10.0. The second kappa shape index (κ2) is 8.63. The molecule has 0 saturated carbocycles. The largest absolute Gasteiger partial charge is 0.179 e. The minimum atomic E-state index is -2.41. The van der Waals surface area contributed by atoms with Gasteiger partial charge in [-0.2, -0.15) is 0 Å². The highest BCUT2D eigenvalue weighted by Crippen LogP contribution is 2.14. The summed E-state index contributed by atoms with van der Waals surface area (Å²) < 4.78 is 0. The predicted molar refractivity (Wildman–Crippen MR) is 129 cm³/mol. The molecule has 0 aliphatic heterocycles. The van der Waals surface area contributed by atoms with Gasteiger partial charge in [-0.1, -0.05) is 129 Å². The first-order valence-corrected chi connectivity index (χ1v) is 12.5. The van der Waals surface area contributed by atoms with Gasteiger partial charge in [-0.3, -0.25) is 0 Å². The van der Waals surface area contributed by atoms with Crippen LogP contribution in [0.15, 0.2) is 115 Å². The van der Waals surface area contributed by atoms with Crippen LogP contribution in [0.1, 0.15) is 19.4 Å². The van der Waals surface area contributed by atoms with Gasteiger partial charge in [-0.15, -0.1) is 0 Å². The lowest BCUT2D eigenvalue weighted by Crippen LogP contribution is -2.75. The Kier molecular flexibility index (Phi) is 5.78. The summed E-state index contributed by atoms with van der Waals surface area (Å²) in [4.78, 5) is 0. The summed E-state index contributed by atoms with van der Waals surface area (Å²) in [5.41, 5.74) is 1.48. The van der Waals surface area contributed by atoms with Gasteiger partial charge in [0.05, 0.1) is 0 Å². The normalized spacial score (nSPS) is 11.6. The molecule has 0 aliphatic carbocycles. The molecule has 0 fully saturated rings. The van der Waals surface area contributed by atoms with Gasteiger partial charge in [-0.25, -0.2) is 0 Å². The van der Waals surface area contributed by atoms with E-state index in [4.69, 9.17) is 0 Å². The average molecular weight is 393 g/mol. The Balaban J connectivity index is 2.13. The number of hydrogen-bond donors (Lipinski definition) is 0. The Morgan fingerprint density at radius 1 is 0.517 bits per heavy atom. The first-order chi connectivity index (χ1) is 14.2. The molecule has 0 aromatic heterocycles.